The summed E-state index contributed by atoms with van der Waals surface area (Å²) in [7, 11) is 0. The first-order valence-corrected chi connectivity index (χ1v) is 6.66. The van der Waals surface area contributed by atoms with Gasteiger partial charge >= 0.3 is 0 Å². The summed E-state index contributed by atoms with van der Waals surface area (Å²) in [6.07, 6.45) is 1.99. The Labute approximate surface area is 122 Å². The maximum Gasteiger partial charge on any atom is 0.269 e. The van der Waals surface area contributed by atoms with Crippen LogP contribution in [0.2, 0.25) is 0 Å². The summed E-state index contributed by atoms with van der Waals surface area (Å²) in [5.74, 6) is -0.606. The maximum atomic E-state index is 11.5. The van der Waals surface area contributed by atoms with Gasteiger partial charge in [0.15, 0.2) is 0 Å². The number of hydrogen-bond donors (Lipinski definition) is 0. The third-order valence-electron chi connectivity index (χ3n) is 3.69. The van der Waals surface area contributed by atoms with Crippen molar-refractivity contribution in [2.75, 3.05) is 6.54 Å². The maximum absolute atomic E-state index is 11.5. The molecule has 0 unspecified atom stereocenters. The Hall–Kier alpha value is -2.31. The van der Waals surface area contributed by atoms with Crippen LogP contribution in [0.1, 0.15) is 38.2 Å². The van der Waals surface area contributed by atoms with E-state index in [1.165, 1.54) is 24.3 Å². The van der Waals surface area contributed by atoms with E-state index in [9.17, 15) is 25.0 Å². The average molecular weight is 294 g/mol. The van der Waals surface area contributed by atoms with E-state index in [0.717, 1.165) is 12.7 Å². The second-order valence-corrected chi connectivity index (χ2v) is 5.29. The molecule has 0 aliphatic carbocycles. The van der Waals surface area contributed by atoms with Gasteiger partial charge in [-0.3, -0.25) is 20.2 Å². The van der Waals surface area contributed by atoms with E-state index < -0.39 is 21.2 Å². The van der Waals surface area contributed by atoms with Gasteiger partial charge in [-0.25, -0.2) is 0 Å². The SMILES string of the molecule is CCC[C@@](C)(C=O)[C@@H](C[N+](=O)[O-])c1ccc([N+](=O)[O-])cc1. The van der Waals surface area contributed by atoms with Gasteiger partial charge in [0.2, 0.25) is 6.54 Å². The lowest BCUT2D eigenvalue weighted by atomic mass is 9.71. The monoisotopic (exact) mass is 294 g/mol. The average Bonchev–Trinajstić information content (AvgIpc) is 2.45. The summed E-state index contributed by atoms with van der Waals surface area (Å²) >= 11 is 0. The molecule has 0 fully saturated rings. The number of hydrogen-bond acceptors (Lipinski definition) is 5. The number of non-ortho nitro benzene ring substituents is 1. The lowest BCUT2D eigenvalue weighted by molar-refractivity contribution is -0.485. The Balaban J connectivity index is 3.20. The van der Waals surface area contributed by atoms with Gasteiger partial charge < -0.3 is 4.79 Å². The van der Waals surface area contributed by atoms with Gasteiger partial charge in [0.05, 0.1) is 10.8 Å². The molecular weight excluding hydrogens is 276 g/mol. The van der Waals surface area contributed by atoms with Crippen molar-refractivity contribution in [3.63, 3.8) is 0 Å². The van der Waals surface area contributed by atoms with E-state index in [2.05, 4.69) is 0 Å². The van der Waals surface area contributed by atoms with Gasteiger partial charge in [0, 0.05) is 22.5 Å². The zero-order chi connectivity index (χ0) is 16.0. The molecule has 7 heteroatoms. The minimum Gasteiger partial charge on any atom is -0.303 e. The zero-order valence-electron chi connectivity index (χ0n) is 12.0. The number of rotatable bonds is 8. The molecule has 1 aromatic rings. The molecule has 0 radical (unpaired) electrons. The molecular formula is C14H18N2O5. The molecule has 0 aromatic heterocycles. The summed E-state index contributed by atoms with van der Waals surface area (Å²) in [5, 5.41) is 21.6. The van der Waals surface area contributed by atoms with Crippen molar-refractivity contribution in [3.8, 4) is 0 Å². The molecule has 0 aliphatic rings. The van der Waals surface area contributed by atoms with Crippen molar-refractivity contribution < 1.29 is 14.6 Å². The first kappa shape index (κ1) is 16.7. The number of aldehydes is 1. The first-order chi connectivity index (χ1) is 9.84. The Bertz CT molecular complexity index is 529. The minimum absolute atomic E-state index is 0.0816. The topological polar surface area (TPSA) is 103 Å². The highest BCUT2D eigenvalue weighted by Crippen LogP contribution is 2.38. The van der Waals surface area contributed by atoms with Crippen LogP contribution in [0, 0.1) is 25.6 Å². The number of nitro benzene ring substituents is 1. The third-order valence-corrected chi connectivity index (χ3v) is 3.69. The Morgan fingerprint density at radius 2 is 1.81 bits per heavy atom. The van der Waals surface area contributed by atoms with Gasteiger partial charge in [-0.2, -0.15) is 0 Å². The van der Waals surface area contributed by atoms with Gasteiger partial charge in [-0.05, 0) is 12.0 Å². The summed E-state index contributed by atoms with van der Waals surface area (Å²) in [6.45, 7) is 3.22. The molecule has 2 atom stereocenters. The molecule has 0 amide bonds. The number of carbonyl (C=O) groups excluding carboxylic acids is 1. The Morgan fingerprint density at radius 3 is 2.19 bits per heavy atom. The molecule has 0 heterocycles. The highest BCUT2D eigenvalue weighted by atomic mass is 16.6. The van der Waals surface area contributed by atoms with Gasteiger partial charge in [0.1, 0.15) is 6.29 Å². The first-order valence-electron chi connectivity index (χ1n) is 6.66. The van der Waals surface area contributed by atoms with Gasteiger partial charge in [-0.1, -0.05) is 32.4 Å². The predicted molar refractivity (Wildman–Crippen MR) is 76.8 cm³/mol. The second-order valence-electron chi connectivity index (χ2n) is 5.29. The summed E-state index contributed by atoms with van der Waals surface area (Å²) in [5.41, 5.74) is -0.375. The number of carbonyl (C=O) groups is 1. The van der Waals surface area contributed by atoms with Crippen LogP contribution < -0.4 is 0 Å². The number of nitro groups is 2. The van der Waals surface area contributed by atoms with E-state index in [4.69, 9.17) is 0 Å². The third kappa shape index (κ3) is 4.08. The molecule has 0 N–H and O–H groups in total. The minimum atomic E-state index is -0.863. The van der Waals surface area contributed by atoms with E-state index in [0.29, 0.717) is 12.0 Å². The lowest BCUT2D eigenvalue weighted by Crippen LogP contribution is -2.32. The van der Waals surface area contributed by atoms with Crippen LogP contribution in [0.5, 0.6) is 0 Å². The lowest BCUT2D eigenvalue weighted by Gasteiger charge is -2.30. The molecule has 0 spiro atoms. The van der Waals surface area contributed by atoms with E-state index in [1.54, 1.807) is 6.92 Å². The molecule has 1 aromatic carbocycles. The van der Waals surface area contributed by atoms with E-state index in [-0.39, 0.29) is 12.2 Å². The van der Waals surface area contributed by atoms with Gasteiger partial charge in [0.25, 0.3) is 5.69 Å². The van der Waals surface area contributed by atoms with Crippen LogP contribution in [-0.4, -0.2) is 22.7 Å². The Kier molecular flexibility index (Phi) is 5.52. The molecule has 0 saturated carbocycles. The fraction of sp³-hybridized carbons (Fsp3) is 0.500. The molecule has 7 nitrogen and oxygen atoms in total. The fourth-order valence-corrected chi connectivity index (χ4v) is 2.53. The highest BCUT2D eigenvalue weighted by Gasteiger charge is 2.38. The van der Waals surface area contributed by atoms with Crippen LogP contribution in [0.4, 0.5) is 5.69 Å². The highest BCUT2D eigenvalue weighted by molar-refractivity contribution is 5.61. The summed E-state index contributed by atoms with van der Waals surface area (Å²) < 4.78 is 0. The van der Waals surface area contributed by atoms with E-state index >= 15 is 0 Å². The number of benzene rings is 1. The van der Waals surface area contributed by atoms with Crippen LogP contribution in [0.3, 0.4) is 0 Å². The molecule has 114 valence electrons. The molecule has 0 bridgehead atoms. The molecule has 0 aliphatic heterocycles. The quantitative estimate of drug-likeness (QED) is 0.416. The van der Waals surface area contributed by atoms with Crippen LogP contribution in [0.25, 0.3) is 0 Å². The van der Waals surface area contributed by atoms with Crippen molar-refractivity contribution >= 4 is 12.0 Å². The summed E-state index contributed by atoms with van der Waals surface area (Å²) in [4.78, 5) is 32.0. The number of nitrogens with zero attached hydrogens (tertiary/aromatic N) is 2. The van der Waals surface area contributed by atoms with Crippen LogP contribution in [-0.2, 0) is 4.79 Å². The Morgan fingerprint density at radius 1 is 1.24 bits per heavy atom. The smallest absolute Gasteiger partial charge is 0.269 e. The van der Waals surface area contributed by atoms with Crippen molar-refractivity contribution in [3.05, 3.63) is 50.1 Å². The largest absolute Gasteiger partial charge is 0.303 e. The van der Waals surface area contributed by atoms with Crippen molar-refractivity contribution in [2.24, 2.45) is 5.41 Å². The molecule has 0 saturated heterocycles. The van der Waals surface area contributed by atoms with Crippen LogP contribution in [0.15, 0.2) is 24.3 Å². The normalized spacial score (nSPS) is 15.0. The van der Waals surface area contributed by atoms with Crippen molar-refractivity contribution in [2.45, 2.75) is 32.6 Å². The molecule has 1 rings (SSSR count). The van der Waals surface area contributed by atoms with Crippen molar-refractivity contribution in [1.29, 1.82) is 0 Å². The standard InChI is InChI=1S/C14H18N2O5/c1-3-8-14(2,10-17)13(9-15(18)19)11-4-6-12(7-5-11)16(20)21/h4-7,10,13H,3,8-9H2,1-2H3/t13-,14-/m0/s1. The summed E-state index contributed by atoms with van der Waals surface area (Å²) in [6, 6.07) is 5.59. The second kappa shape index (κ2) is 6.92. The van der Waals surface area contributed by atoms with Gasteiger partial charge in [-0.15, -0.1) is 0 Å². The van der Waals surface area contributed by atoms with Crippen LogP contribution >= 0.6 is 0 Å². The molecule has 21 heavy (non-hydrogen) atoms. The van der Waals surface area contributed by atoms with Crippen molar-refractivity contribution in [1.82, 2.24) is 0 Å². The predicted octanol–water partition coefficient (Wildman–Crippen LogP) is 2.96. The van der Waals surface area contributed by atoms with E-state index in [1.807, 2.05) is 6.92 Å². The zero-order valence-corrected chi connectivity index (χ0v) is 12.0. The fourth-order valence-electron chi connectivity index (χ4n) is 2.53.